The Morgan fingerprint density at radius 3 is 2.56 bits per heavy atom. The van der Waals surface area contributed by atoms with Crippen LogP contribution in [-0.2, 0) is 6.42 Å². The lowest BCUT2D eigenvalue weighted by atomic mass is 10.0. The summed E-state index contributed by atoms with van der Waals surface area (Å²) in [5.74, 6) is 1.53. The molecule has 1 unspecified atom stereocenters. The summed E-state index contributed by atoms with van der Waals surface area (Å²) in [6.45, 7) is 9.08. The number of rotatable bonds is 7. The average Bonchev–Trinajstić information content (AvgIpc) is 2.37. The van der Waals surface area contributed by atoms with Crippen LogP contribution in [0.15, 0.2) is 12.1 Å². The molecule has 1 aromatic carbocycles. The first-order valence-corrected chi connectivity index (χ1v) is 6.63. The van der Waals surface area contributed by atoms with Gasteiger partial charge in [0.15, 0.2) is 0 Å². The highest BCUT2D eigenvalue weighted by Crippen LogP contribution is 2.23. The van der Waals surface area contributed by atoms with E-state index in [1.165, 1.54) is 16.7 Å². The Bertz CT molecular complexity index is 377. The highest BCUT2D eigenvalue weighted by molar-refractivity contribution is 5.41. The minimum Gasteiger partial charge on any atom is -0.496 e. The zero-order valence-corrected chi connectivity index (χ0v) is 12.0. The molecule has 0 heterocycles. The molecule has 3 N–H and O–H groups in total. The smallest absolute Gasteiger partial charge is 0.122 e. The van der Waals surface area contributed by atoms with E-state index < -0.39 is 0 Å². The molecule has 1 aromatic rings. The minimum atomic E-state index is 0.534. The van der Waals surface area contributed by atoms with E-state index in [0.717, 1.165) is 31.8 Å². The van der Waals surface area contributed by atoms with Gasteiger partial charge in [-0.2, -0.15) is 0 Å². The molecule has 0 spiro atoms. The summed E-state index contributed by atoms with van der Waals surface area (Å²) < 4.78 is 5.43. The summed E-state index contributed by atoms with van der Waals surface area (Å²) in [4.78, 5) is 0. The molecular weight excluding hydrogens is 224 g/mol. The zero-order chi connectivity index (χ0) is 13.5. The number of nitrogens with one attached hydrogen (secondary N) is 1. The van der Waals surface area contributed by atoms with Gasteiger partial charge in [-0.25, -0.2) is 0 Å². The maximum Gasteiger partial charge on any atom is 0.122 e. The van der Waals surface area contributed by atoms with Crippen LogP contribution in [0.3, 0.4) is 0 Å². The second kappa shape index (κ2) is 7.39. The van der Waals surface area contributed by atoms with Gasteiger partial charge in [0, 0.05) is 0 Å². The molecule has 1 rings (SSSR count). The van der Waals surface area contributed by atoms with E-state index in [1.54, 1.807) is 7.11 Å². The van der Waals surface area contributed by atoms with Crippen LogP contribution in [0.1, 0.15) is 23.6 Å². The first-order chi connectivity index (χ1) is 8.58. The summed E-state index contributed by atoms with van der Waals surface area (Å²) in [6.07, 6.45) is 0.988. The van der Waals surface area contributed by atoms with Crippen LogP contribution >= 0.6 is 0 Å². The predicted octanol–water partition coefficient (Wildman–Crippen LogP) is 2.04. The van der Waals surface area contributed by atoms with Crippen molar-refractivity contribution in [1.82, 2.24) is 5.32 Å². The van der Waals surface area contributed by atoms with Crippen LogP contribution in [0.2, 0.25) is 0 Å². The molecule has 18 heavy (non-hydrogen) atoms. The summed E-state index contributed by atoms with van der Waals surface area (Å²) in [7, 11) is 1.73. The fraction of sp³-hybridized carbons (Fsp3) is 0.600. The van der Waals surface area contributed by atoms with Crippen molar-refractivity contribution >= 4 is 0 Å². The summed E-state index contributed by atoms with van der Waals surface area (Å²) in [5, 5.41) is 3.43. The molecule has 0 aliphatic rings. The molecule has 102 valence electrons. The van der Waals surface area contributed by atoms with Gasteiger partial charge in [0.1, 0.15) is 5.75 Å². The minimum absolute atomic E-state index is 0.534. The Hall–Kier alpha value is -1.06. The van der Waals surface area contributed by atoms with E-state index >= 15 is 0 Å². The van der Waals surface area contributed by atoms with Crippen molar-refractivity contribution in [2.45, 2.75) is 27.2 Å². The molecule has 0 aromatic heterocycles. The van der Waals surface area contributed by atoms with Gasteiger partial charge in [-0.15, -0.1) is 0 Å². The molecule has 0 aliphatic heterocycles. The topological polar surface area (TPSA) is 47.3 Å². The Kier molecular flexibility index (Phi) is 6.16. The van der Waals surface area contributed by atoms with Gasteiger partial charge in [0.25, 0.3) is 0 Å². The molecule has 0 bridgehead atoms. The second-order valence-electron chi connectivity index (χ2n) is 5.04. The molecular formula is C15H26N2O. The van der Waals surface area contributed by atoms with Crippen molar-refractivity contribution in [1.29, 1.82) is 0 Å². The highest BCUT2D eigenvalue weighted by atomic mass is 16.5. The van der Waals surface area contributed by atoms with E-state index in [4.69, 9.17) is 10.5 Å². The predicted molar refractivity (Wildman–Crippen MR) is 77.3 cm³/mol. The normalized spacial score (nSPS) is 12.5. The van der Waals surface area contributed by atoms with Gasteiger partial charge in [0.05, 0.1) is 7.11 Å². The molecule has 1 atom stereocenters. The zero-order valence-electron chi connectivity index (χ0n) is 12.0. The molecule has 0 radical (unpaired) electrons. The Labute approximate surface area is 111 Å². The number of hydrogen-bond donors (Lipinski definition) is 2. The quantitative estimate of drug-likeness (QED) is 0.728. The SMILES string of the molecule is COc1cc(C)c(C)cc1CCNCC(C)CN. The standard InChI is InChI=1S/C15H26N2O/c1-11(9-16)10-17-6-5-14-7-12(2)13(3)8-15(14)18-4/h7-8,11,17H,5-6,9-10,16H2,1-4H3. The molecule has 0 aliphatic carbocycles. The first-order valence-electron chi connectivity index (χ1n) is 6.63. The Morgan fingerprint density at radius 2 is 1.94 bits per heavy atom. The van der Waals surface area contributed by atoms with Gasteiger partial charge in [-0.3, -0.25) is 0 Å². The Balaban J connectivity index is 2.53. The maximum absolute atomic E-state index is 5.59. The van der Waals surface area contributed by atoms with Crippen molar-refractivity contribution in [2.24, 2.45) is 11.7 Å². The number of ether oxygens (including phenoxy) is 1. The lowest BCUT2D eigenvalue weighted by molar-refractivity contribution is 0.408. The highest BCUT2D eigenvalue weighted by Gasteiger charge is 2.06. The summed E-state index contributed by atoms with van der Waals surface area (Å²) in [5.41, 5.74) is 9.46. The number of methoxy groups -OCH3 is 1. The van der Waals surface area contributed by atoms with Crippen molar-refractivity contribution in [3.63, 3.8) is 0 Å². The summed E-state index contributed by atoms with van der Waals surface area (Å²) >= 11 is 0. The fourth-order valence-electron chi connectivity index (χ4n) is 1.89. The first kappa shape index (κ1) is 15.0. The summed E-state index contributed by atoms with van der Waals surface area (Å²) in [6, 6.07) is 4.34. The Morgan fingerprint density at radius 1 is 1.28 bits per heavy atom. The second-order valence-corrected chi connectivity index (χ2v) is 5.04. The third kappa shape index (κ3) is 4.31. The molecule has 0 saturated heterocycles. The average molecular weight is 250 g/mol. The van der Waals surface area contributed by atoms with E-state index in [-0.39, 0.29) is 0 Å². The number of benzene rings is 1. The van der Waals surface area contributed by atoms with E-state index in [1.807, 2.05) is 0 Å². The van der Waals surface area contributed by atoms with Crippen molar-refractivity contribution < 1.29 is 4.74 Å². The molecule has 0 saturated carbocycles. The van der Waals surface area contributed by atoms with Crippen LogP contribution in [0.25, 0.3) is 0 Å². The molecule has 0 amide bonds. The van der Waals surface area contributed by atoms with Crippen molar-refractivity contribution in [3.05, 3.63) is 28.8 Å². The number of aryl methyl sites for hydroxylation is 2. The van der Waals surface area contributed by atoms with Crippen LogP contribution < -0.4 is 15.8 Å². The van der Waals surface area contributed by atoms with Crippen LogP contribution in [0.5, 0.6) is 5.75 Å². The van der Waals surface area contributed by atoms with Crippen LogP contribution in [0.4, 0.5) is 0 Å². The molecule has 3 heteroatoms. The fourth-order valence-corrected chi connectivity index (χ4v) is 1.89. The third-order valence-electron chi connectivity index (χ3n) is 3.36. The van der Waals surface area contributed by atoms with Gasteiger partial charge in [-0.1, -0.05) is 13.0 Å². The van der Waals surface area contributed by atoms with Crippen molar-refractivity contribution in [3.8, 4) is 5.75 Å². The molecule has 0 fully saturated rings. The third-order valence-corrected chi connectivity index (χ3v) is 3.36. The van der Waals surface area contributed by atoms with Crippen LogP contribution in [-0.4, -0.2) is 26.7 Å². The van der Waals surface area contributed by atoms with E-state index in [0.29, 0.717) is 5.92 Å². The van der Waals surface area contributed by atoms with E-state index in [2.05, 4.69) is 38.2 Å². The van der Waals surface area contributed by atoms with Gasteiger partial charge >= 0.3 is 0 Å². The number of hydrogen-bond acceptors (Lipinski definition) is 3. The number of nitrogens with two attached hydrogens (primary N) is 1. The van der Waals surface area contributed by atoms with Gasteiger partial charge in [0.2, 0.25) is 0 Å². The monoisotopic (exact) mass is 250 g/mol. The van der Waals surface area contributed by atoms with Crippen molar-refractivity contribution in [2.75, 3.05) is 26.7 Å². The van der Waals surface area contributed by atoms with Crippen LogP contribution in [0, 0.1) is 19.8 Å². The van der Waals surface area contributed by atoms with E-state index in [9.17, 15) is 0 Å². The largest absolute Gasteiger partial charge is 0.496 e. The maximum atomic E-state index is 5.59. The lowest BCUT2D eigenvalue weighted by Gasteiger charge is -2.13. The molecule has 3 nitrogen and oxygen atoms in total. The lowest BCUT2D eigenvalue weighted by Crippen LogP contribution is -2.27. The van der Waals surface area contributed by atoms with Gasteiger partial charge < -0.3 is 15.8 Å². The van der Waals surface area contributed by atoms with Gasteiger partial charge in [-0.05, 0) is 68.6 Å².